The van der Waals surface area contributed by atoms with Gasteiger partial charge in [-0.3, -0.25) is 14.6 Å². The highest BCUT2D eigenvalue weighted by atomic mass is 32.1. The minimum atomic E-state index is -0.233. The number of carbonyl (C=O) groups is 2. The van der Waals surface area contributed by atoms with Crippen LogP contribution in [0, 0.1) is 0 Å². The predicted octanol–water partition coefficient (Wildman–Crippen LogP) is 1.89. The van der Waals surface area contributed by atoms with Crippen molar-refractivity contribution in [3.8, 4) is 0 Å². The van der Waals surface area contributed by atoms with E-state index in [1.807, 2.05) is 23.6 Å². The van der Waals surface area contributed by atoms with E-state index >= 15 is 0 Å². The summed E-state index contributed by atoms with van der Waals surface area (Å²) >= 11 is 1.41. The molecular weight excluding hydrogens is 286 g/mol. The van der Waals surface area contributed by atoms with E-state index in [1.54, 1.807) is 18.5 Å². The molecule has 6 heteroatoms. The van der Waals surface area contributed by atoms with Gasteiger partial charge in [-0.25, -0.2) is 0 Å². The third-order valence-electron chi connectivity index (χ3n) is 3.51. The summed E-state index contributed by atoms with van der Waals surface area (Å²) in [6, 6.07) is 7.02. The molecule has 2 aromatic heterocycles. The van der Waals surface area contributed by atoms with Crippen LogP contribution in [-0.4, -0.2) is 22.8 Å². The Bertz CT molecular complexity index is 628. The second-order valence-electron chi connectivity index (χ2n) is 4.93. The van der Waals surface area contributed by atoms with Crippen LogP contribution in [0.1, 0.15) is 34.1 Å². The Hall–Kier alpha value is -2.21. The minimum Gasteiger partial charge on any atom is -0.347 e. The zero-order chi connectivity index (χ0) is 14.7. The number of carbonyl (C=O) groups excluding carboxylic acids is 2. The van der Waals surface area contributed by atoms with Crippen LogP contribution in [0.4, 0.5) is 0 Å². The normalized spacial score (nSPS) is 21.6. The molecule has 5 nitrogen and oxygen atoms in total. The van der Waals surface area contributed by atoms with E-state index < -0.39 is 0 Å². The van der Waals surface area contributed by atoms with Crippen molar-refractivity contribution < 1.29 is 9.59 Å². The first-order valence-corrected chi connectivity index (χ1v) is 7.65. The van der Waals surface area contributed by atoms with Gasteiger partial charge in [-0.1, -0.05) is 12.1 Å². The van der Waals surface area contributed by atoms with E-state index in [9.17, 15) is 9.59 Å². The van der Waals surface area contributed by atoms with Gasteiger partial charge in [0.1, 0.15) is 0 Å². The number of pyridine rings is 1. The summed E-state index contributed by atoms with van der Waals surface area (Å²) in [5.41, 5.74) is 0.905. The monoisotopic (exact) mass is 301 g/mol. The second-order valence-corrected chi connectivity index (χ2v) is 5.88. The van der Waals surface area contributed by atoms with E-state index in [4.69, 9.17) is 0 Å². The van der Waals surface area contributed by atoms with Crippen molar-refractivity contribution in [1.82, 2.24) is 15.6 Å². The molecule has 3 heterocycles. The summed E-state index contributed by atoms with van der Waals surface area (Å²) in [7, 11) is 0. The Kier molecular flexibility index (Phi) is 3.96. The van der Waals surface area contributed by atoms with Gasteiger partial charge in [0, 0.05) is 18.8 Å². The number of piperidine rings is 1. The van der Waals surface area contributed by atoms with Gasteiger partial charge in [0.05, 0.1) is 17.0 Å². The van der Waals surface area contributed by atoms with Gasteiger partial charge in [0.2, 0.25) is 5.91 Å². The Morgan fingerprint density at radius 3 is 3.00 bits per heavy atom. The quantitative estimate of drug-likeness (QED) is 0.909. The Morgan fingerprint density at radius 1 is 1.38 bits per heavy atom. The van der Waals surface area contributed by atoms with Crippen LogP contribution in [0.3, 0.4) is 0 Å². The molecule has 2 atom stereocenters. The Labute approximate surface area is 126 Å². The summed E-state index contributed by atoms with van der Waals surface area (Å²) in [4.78, 5) is 28.6. The van der Waals surface area contributed by atoms with Gasteiger partial charge in [0.25, 0.3) is 5.91 Å². The highest BCUT2D eigenvalue weighted by molar-refractivity contribution is 7.12. The molecule has 108 valence electrons. The SMILES string of the molecule is O=C1CC[C@H](NC(=O)c2cccs2)C(c2cccnc2)N1. The highest BCUT2D eigenvalue weighted by Gasteiger charge is 2.31. The molecule has 3 rings (SSSR count). The molecule has 0 aromatic carbocycles. The van der Waals surface area contributed by atoms with Crippen molar-refractivity contribution in [1.29, 1.82) is 0 Å². The maximum atomic E-state index is 12.2. The molecule has 1 aliphatic rings. The number of rotatable bonds is 3. The fraction of sp³-hybridized carbons (Fsp3) is 0.267. The topological polar surface area (TPSA) is 71.1 Å². The van der Waals surface area contributed by atoms with Crippen LogP contribution < -0.4 is 10.6 Å². The third-order valence-corrected chi connectivity index (χ3v) is 4.37. The van der Waals surface area contributed by atoms with Gasteiger partial charge in [0.15, 0.2) is 0 Å². The largest absolute Gasteiger partial charge is 0.347 e. The van der Waals surface area contributed by atoms with E-state index in [0.717, 1.165) is 5.56 Å². The Balaban J connectivity index is 1.78. The standard InChI is InChI=1S/C15H15N3O2S/c19-13-6-5-11(17-15(20)12-4-2-8-21-12)14(18-13)10-3-1-7-16-9-10/h1-4,7-9,11,14H,5-6H2,(H,17,20)(H,18,19)/t11-,14?/m0/s1. The molecule has 1 unspecified atom stereocenters. The molecule has 21 heavy (non-hydrogen) atoms. The molecule has 0 saturated carbocycles. The van der Waals surface area contributed by atoms with Crippen molar-refractivity contribution >= 4 is 23.2 Å². The number of nitrogens with zero attached hydrogens (tertiary/aromatic N) is 1. The molecule has 1 aliphatic heterocycles. The molecular formula is C15H15N3O2S. The average molecular weight is 301 g/mol. The van der Waals surface area contributed by atoms with Crippen molar-refractivity contribution in [2.75, 3.05) is 0 Å². The molecule has 2 N–H and O–H groups in total. The number of aromatic nitrogens is 1. The van der Waals surface area contributed by atoms with Gasteiger partial charge in [-0.2, -0.15) is 0 Å². The third kappa shape index (κ3) is 3.11. The summed E-state index contributed by atoms with van der Waals surface area (Å²) in [5.74, 6) is -0.0921. The van der Waals surface area contributed by atoms with Gasteiger partial charge in [-0.05, 0) is 29.5 Å². The first-order valence-electron chi connectivity index (χ1n) is 6.77. The van der Waals surface area contributed by atoms with E-state index in [2.05, 4.69) is 15.6 Å². The van der Waals surface area contributed by atoms with Crippen LogP contribution in [0.2, 0.25) is 0 Å². The number of hydrogen-bond acceptors (Lipinski definition) is 4. The predicted molar refractivity (Wildman–Crippen MR) is 79.9 cm³/mol. The number of amides is 2. The van der Waals surface area contributed by atoms with Crippen LogP contribution in [-0.2, 0) is 4.79 Å². The van der Waals surface area contributed by atoms with Crippen molar-refractivity contribution in [3.63, 3.8) is 0 Å². The van der Waals surface area contributed by atoms with E-state index in [-0.39, 0.29) is 23.9 Å². The number of nitrogens with one attached hydrogen (secondary N) is 2. The van der Waals surface area contributed by atoms with Crippen molar-refractivity contribution in [3.05, 3.63) is 52.5 Å². The fourth-order valence-electron chi connectivity index (χ4n) is 2.48. The number of thiophene rings is 1. The molecule has 2 amide bonds. The molecule has 1 saturated heterocycles. The fourth-order valence-corrected chi connectivity index (χ4v) is 3.10. The van der Waals surface area contributed by atoms with Gasteiger partial charge < -0.3 is 10.6 Å². The highest BCUT2D eigenvalue weighted by Crippen LogP contribution is 2.24. The molecule has 0 bridgehead atoms. The van der Waals surface area contributed by atoms with E-state index in [0.29, 0.717) is 17.7 Å². The zero-order valence-electron chi connectivity index (χ0n) is 11.3. The molecule has 0 spiro atoms. The van der Waals surface area contributed by atoms with Crippen LogP contribution >= 0.6 is 11.3 Å². The zero-order valence-corrected chi connectivity index (χ0v) is 12.1. The number of hydrogen-bond donors (Lipinski definition) is 2. The van der Waals surface area contributed by atoms with Crippen molar-refractivity contribution in [2.24, 2.45) is 0 Å². The smallest absolute Gasteiger partial charge is 0.261 e. The lowest BCUT2D eigenvalue weighted by atomic mass is 9.93. The molecule has 0 aliphatic carbocycles. The lowest BCUT2D eigenvalue weighted by Crippen LogP contribution is -2.50. The Morgan fingerprint density at radius 2 is 2.29 bits per heavy atom. The summed E-state index contributed by atoms with van der Waals surface area (Å²) in [6.45, 7) is 0. The minimum absolute atomic E-state index is 0.00507. The van der Waals surface area contributed by atoms with E-state index in [1.165, 1.54) is 11.3 Å². The summed E-state index contributed by atoms with van der Waals surface area (Å²) < 4.78 is 0. The van der Waals surface area contributed by atoms with Crippen LogP contribution in [0.25, 0.3) is 0 Å². The van der Waals surface area contributed by atoms with Crippen LogP contribution in [0.5, 0.6) is 0 Å². The second kappa shape index (κ2) is 6.05. The maximum absolute atomic E-state index is 12.2. The average Bonchev–Trinajstić information content (AvgIpc) is 3.04. The van der Waals surface area contributed by atoms with Gasteiger partial charge >= 0.3 is 0 Å². The first kappa shape index (κ1) is 13.8. The van der Waals surface area contributed by atoms with Gasteiger partial charge in [-0.15, -0.1) is 11.3 Å². The molecule has 0 radical (unpaired) electrons. The lowest BCUT2D eigenvalue weighted by Gasteiger charge is -2.32. The lowest BCUT2D eigenvalue weighted by molar-refractivity contribution is -0.123. The van der Waals surface area contributed by atoms with Crippen molar-refractivity contribution in [2.45, 2.75) is 24.9 Å². The maximum Gasteiger partial charge on any atom is 0.261 e. The summed E-state index contributed by atoms with van der Waals surface area (Å²) in [5, 5.41) is 7.83. The first-order chi connectivity index (χ1) is 10.2. The molecule has 1 fully saturated rings. The molecule has 2 aromatic rings. The summed E-state index contributed by atoms with van der Waals surface area (Å²) in [6.07, 6.45) is 4.46. The van der Waals surface area contributed by atoms with Crippen LogP contribution in [0.15, 0.2) is 42.0 Å².